The van der Waals surface area contributed by atoms with Crippen LogP contribution in [-0.4, -0.2) is 28.4 Å². The molecule has 4 aliphatic rings. The van der Waals surface area contributed by atoms with E-state index in [0.717, 1.165) is 11.1 Å². The number of allylic oxidation sites excluding steroid dienone is 6. The van der Waals surface area contributed by atoms with Crippen LogP contribution in [0.4, 0.5) is 4.39 Å². The highest BCUT2D eigenvalue weighted by atomic mass is 19.1. The lowest BCUT2D eigenvalue weighted by Crippen LogP contribution is -2.57. The number of ketones is 2. The summed E-state index contributed by atoms with van der Waals surface area (Å²) >= 11 is 0. The highest BCUT2D eigenvalue weighted by molar-refractivity contribution is 6.01. The van der Waals surface area contributed by atoms with Gasteiger partial charge in [-0.2, -0.15) is 0 Å². The van der Waals surface area contributed by atoms with E-state index in [0.29, 0.717) is 19.3 Å². The Labute approximate surface area is 160 Å². The Hall–Kier alpha value is -1.55. The molecule has 0 bridgehead atoms. The molecule has 0 aromatic carbocycles. The lowest BCUT2D eigenvalue weighted by atomic mass is 9.50. The van der Waals surface area contributed by atoms with Crippen LogP contribution in [0.25, 0.3) is 0 Å². The molecular weight excluding hydrogens is 343 g/mol. The van der Waals surface area contributed by atoms with Crippen molar-refractivity contribution in [2.45, 2.75) is 65.2 Å². The van der Waals surface area contributed by atoms with E-state index in [1.54, 1.807) is 19.1 Å². The van der Waals surface area contributed by atoms with Crippen molar-refractivity contribution >= 4 is 11.6 Å². The summed E-state index contributed by atoms with van der Waals surface area (Å²) < 4.78 is 15.5. The molecule has 0 saturated heterocycles. The molecule has 0 amide bonds. The zero-order chi connectivity index (χ0) is 19.8. The van der Waals surface area contributed by atoms with E-state index in [-0.39, 0.29) is 35.7 Å². The van der Waals surface area contributed by atoms with E-state index in [4.69, 9.17) is 0 Å². The summed E-state index contributed by atoms with van der Waals surface area (Å²) in [5.74, 6) is -0.782. The molecular formula is C23H29FO3. The SMILES string of the molecule is CCC(=O)[C@@]1(O)[C@@H](C)CC2C3C(=CC[C@@]21C)[C@@]1(C)C=CC(=O)C=C1CC3F. The zero-order valence-corrected chi connectivity index (χ0v) is 16.6. The van der Waals surface area contributed by atoms with E-state index in [1.165, 1.54) is 0 Å². The quantitative estimate of drug-likeness (QED) is 0.742. The first-order valence-electron chi connectivity index (χ1n) is 10.1. The molecule has 4 heteroatoms. The molecule has 0 aromatic rings. The standard InChI is InChI=1S/C23H29FO3/c1-5-19(26)23(27)13(2)10-17-20-16(7-9-22(17,23)4)21(3)8-6-15(25)11-14(21)12-18(20)24/h6-8,11,13,17-18,20,27H,5,9-10,12H2,1-4H3/t13-,17?,18?,20?,21-,22-,23-/m0/s1. The fourth-order valence-corrected chi connectivity index (χ4v) is 6.66. The van der Waals surface area contributed by atoms with Gasteiger partial charge in [-0.15, -0.1) is 0 Å². The zero-order valence-electron chi connectivity index (χ0n) is 16.6. The predicted molar refractivity (Wildman–Crippen MR) is 102 cm³/mol. The summed E-state index contributed by atoms with van der Waals surface area (Å²) in [5, 5.41) is 11.5. The van der Waals surface area contributed by atoms with Crippen LogP contribution in [0.5, 0.6) is 0 Å². The minimum absolute atomic E-state index is 0.0765. The molecule has 2 fully saturated rings. The van der Waals surface area contributed by atoms with E-state index in [1.807, 2.05) is 19.9 Å². The summed E-state index contributed by atoms with van der Waals surface area (Å²) in [5.41, 5.74) is -0.604. The van der Waals surface area contributed by atoms with Gasteiger partial charge in [0.25, 0.3) is 0 Å². The van der Waals surface area contributed by atoms with Gasteiger partial charge in [0.05, 0.1) is 0 Å². The van der Waals surface area contributed by atoms with Gasteiger partial charge in [0, 0.05) is 29.6 Å². The molecule has 0 aromatic heterocycles. The molecule has 3 nitrogen and oxygen atoms in total. The lowest BCUT2D eigenvalue weighted by molar-refractivity contribution is -0.159. The topological polar surface area (TPSA) is 54.4 Å². The van der Waals surface area contributed by atoms with Gasteiger partial charge in [0.15, 0.2) is 11.6 Å². The predicted octanol–water partition coefficient (Wildman–Crippen LogP) is 4.12. The van der Waals surface area contributed by atoms with Crippen molar-refractivity contribution in [3.8, 4) is 0 Å². The maximum atomic E-state index is 15.5. The van der Waals surface area contributed by atoms with E-state index in [2.05, 4.69) is 13.0 Å². The van der Waals surface area contributed by atoms with Crippen molar-refractivity contribution in [2.75, 3.05) is 0 Å². The van der Waals surface area contributed by atoms with Gasteiger partial charge in [-0.1, -0.05) is 38.5 Å². The third-order valence-electron chi connectivity index (χ3n) is 8.26. The Balaban J connectivity index is 1.84. The molecule has 7 atom stereocenters. The molecule has 4 aliphatic carbocycles. The fraction of sp³-hybridized carbons (Fsp3) is 0.652. The van der Waals surface area contributed by atoms with Crippen LogP contribution in [0.2, 0.25) is 0 Å². The Bertz CT molecular complexity index is 808. The summed E-state index contributed by atoms with van der Waals surface area (Å²) in [6.45, 7) is 7.76. The Kier molecular flexibility index (Phi) is 3.99. The second-order valence-corrected chi connectivity index (χ2v) is 9.42. The van der Waals surface area contributed by atoms with Crippen LogP contribution >= 0.6 is 0 Å². The van der Waals surface area contributed by atoms with Crippen LogP contribution in [-0.2, 0) is 9.59 Å². The van der Waals surface area contributed by atoms with E-state index >= 15 is 4.39 Å². The summed E-state index contributed by atoms with van der Waals surface area (Å²) in [6.07, 6.45) is 7.81. The molecule has 1 N–H and O–H groups in total. The van der Waals surface area contributed by atoms with Gasteiger partial charge in [-0.05, 0) is 49.3 Å². The van der Waals surface area contributed by atoms with Gasteiger partial charge in [-0.25, -0.2) is 4.39 Å². The average Bonchev–Trinajstić information content (AvgIpc) is 2.84. The Morgan fingerprint density at radius 2 is 2.07 bits per heavy atom. The number of fused-ring (bicyclic) bond motifs is 5. The minimum Gasteiger partial charge on any atom is -0.381 e. The molecule has 3 unspecified atom stereocenters. The lowest BCUT2D eigenvalue weighted by Gasteiger charge is -2.54. The maximum absolute atomic E-state index is 15.5. The largest absolute Gasteiger partial charge is 0.381 e. The van der Waals surface area contributed by atoms with E-state index < -0.39 is 22.6 Å². The third kappa shape index (κ3) is 2.16. The van der Waals surface area contributed by atoms with Crippen molar-refractivity contribution in [1.29, 1.82) is 0 Å². The number of carbonyl (C=O) groups is 2. The molecule has 146 valence electrons. The Morgan fingerprint density at radius 3 is 2.74 bits per heavy atom. The van der Waals surface area contributed by atoms with Gasteiger partial charge in [0.1, 0.15) is 11.8 Å². The van der Waals surface area contributed by atoms with Crippen LogP contribution in [0.3, 0.4) is 0 Å². The number of Topliss-reactive ketones (excluding diaryl/α,β-unsaturated/α-hetero) is 1. The normalized spacial score (nSPS) is 48.3. The average molecular weight is 372 g/mol. The second-order valence-electron chi connectivity index (χ2n) is 9.42. The van der Waals surface area contributed by atoms with Gasteiger partial charge < -0.3 is 5.11 Å². The van der Waals surface area contributed by atoms with Gasteiger partial charge in [-0.3, -0.25) is 9.59 Å². The van der Waals surface area contributed by atoms with Crippen molar-refractivity contribution < 1.29 is 19.1 Å². The third-order valence-corrected chi connectivity index (χ3v) is 8.26. The van der Waals surface area contributed by atoms with Crippen molar-refractivity contribution in [3.63, 3.8) is 0 Å². The number of hydrogen-bond donors (Lipinski definition) is 1. The highest BCUT2D eigenvalue weighted by Gasteiger charge is 2.68. The highest BCUT2D eigenvalue weighted by Crippen LogP contribution is 2.66. The van der Waals surface area contributed by atoms with Crippen molar-refractivity contribution in [1.82, 2.24) is 0 Å². The molecule has 0 spiro atoms. The van der Waals surface area contributed by atoms with Crippen LogP contribution < -0.4 is 0 Å². The van der Waals surface area contributed by atoms with Gasteiger partial charge in [0.2, 0.25) is 0 Å². The number of alkyl halides is 1. The Morgan fingerprint density at radius 1 is 1.37 bits per heavy atom. The first-order valence-corrected chi connectivity index (χ1v) is 10.1. The molecule has 0 heterocycles. The monoisotopic (exact) mass is 372 g/mol. The fourth-order valence-electron chi connectivity index (χ4n) is 6.66. The molecule has 27 heavy (non-hydrogen) atoms. The minimum atomic E-state index is -1.40. The first kappa shape index (κ1) is 18.8. The summed E-state index contributed by atoms with van der Waals surface area (Å²) in [4.78, 5) is 24.6. The van der Waals surface area contributed by atoms with Crippen molar-refractivity contribution in [3.05, 3.63) is 35.5 Å². The van der Waals surface area contributed by atoms with Crippen LogP contribution in [0, 0.1) is 28.6 Å². The van der Waals surface area contributed by atoms with Crippen molar-refractivity contribution in [2.24, 2.45) is 28.6 Å². The molecule has 0 aliphatic heterocycles. The number of rotatable bonds is 2. The molecule has 2 saturated carbocycles. The van der Waals surface area contributed by atoms with Crippen LogP contribution in [0.1, 0.15) is 53.4 Å². The summed E-state index contributed by atoms with van der Waals surface area (Å²) in [6, 6.07) is 0. The smallest absolute Gasteiger partial charge is 0.178 e. The summed E-state index contributed by atoms with van der Waals surface area (Å²) in [7, 11) is 0. The van der Waals surface area contributed by atoms with Crippen LogP contribution in [0.15, 0.2) is 35.5 Å². The van der Waals surface area contributed by atoms with Gasteiger partial charge >= 0.3 is 0 Å². The molecule has 0 radical (unpaired) electrons. The molecule has 4 rings (SSSR count). The maximum Gasteiger partial charge on any atom is 0.178 e. The number of aliphatic hydroxyl groups is 1. The van der Waals surface area contributed by atoms with E-state index in [9.17, 15) is 14.7 Å². The number of halogens is 1. The second kappa shape index (κ2) is 5.73. The number of hydrogen-bond acceptors (Lipinski definition) is 3. The number of carbonyl (C=O) groups excluding carboxylic acids is 2. The first-order chi connectivity index (χ1) is 12.6.